The molecule has 1 rings (SSSR count). The maximum Gasteiger partial charge on any atom is 0.420 e. The van der Waals surface area contributed by atoms with Crippen molar-refractivity contribution in [3.8, 4) is 5.75 Å². The van der Waals surface area contributed by atoms with Crippen LogP contribution >= 0.6 is 15.9 Å². The Morgan fingerprint density at radius 1 is 1.31 bits per heavy atom. The summed E-state index contributed by atoms with van der Waals surface area (Å²) in [6.07, 6.45) is -4.15. The van der Waals surface area contributed by atoms with Crippen LogP contribution in [0.3, 0.4) is 0 Å². The molecule has 1 aromatic rings. The average molecular weight is 299 g/mol. The Kier molecular flexibility index (Phi) is 4.61. The van der Waals surface area contributed by atoms with Gasteiger partial charge in [0.2, 0.25) is 0 Å². The number of aliphatic hydroxyl groups is 1. The molecule has 0 aliphatic rings. The van der Waals surface area contributed by atoms with Crippen molar-refractivity contribution in [1.29, 1.82) is 0 Å². The van der Waals surface area contributed by atoms with Gasteiger partial charge in [0.05, 0.1) is 12.2 Å². The highest BCUT2D eigenvalue weighted by atomic mass is 79.9. The van der Waals surface area contributed by atoms with E-state index in [1.54, 1.807) is 0 Å². The van der Waals surface area contributed by atoms with E-state index in [-0.39, 0.29) is 19.0 Å². The van der Waals surface area contributed by atoms with Crippen LogP contribution in [0, 0.1) is 0 Å². The summed E-state index contributed by atoms with van der Waals surface area (Å²) >= 11 is 2.98. The van der Waals surface area contributed by atoms with Crippen LogP contribution in [0.4, 0.5) is 13.2 Å². The van der Waals surface area contributed by atoms with Gasteiger partial charge in [0.25, 0.3) is 0 Å². The fourth-order valence-corrected chi connectivity index (χ4v) is 1.46. The van der Waals surface area contributed by atoms with Gasteiger partial charge in [-0.2, -0.15) is 13.2 Å². The Bertz CT molecular complexity index is 352. The highest BCUT2D eigenvalue weighted by molar-refractivity contribution is 9.10. The number of aliphatic hydroxyl groups excluding tert-OH is 1. The van der Waals surface area contributed by atoms with Crippen molar-refractivity contribution in [3.05, 3.63) is 28.2 Å². The minimum absolute atomic E-state index is 0.0568. The van der Waals surface area contributed by atoms with Crippen molar-refractivity contribution in [2.75, 3.05) is 13.2 Å². The molecule has 0 atom stereocenters. The minimum Gasteiger partial charge on any atom is -0.493 e. The van der Waals surface area contributed by atoms with E-state index < -0.39 is 11.7 Å². The molecule has 6 heteroatoms. The first kappa shape index (κ1) is 13.3. The van der Waals surface area contributed by atoms with E-state index in [1.807, 2.05) is 0 Å². The molecule has 0 aliphatic heterocycles. The van der Waals surface area contributed by atoms with E-state index in [0.717, 1.165) is 6.07 Å². The maximum absolute atomic E-state index is 12.6. The number of benzene rings is 1. The molecular weight excluding hydrogens is 289 g/mol. The molecule has 0 amide bonds. The van der Waals surface area contributed by atoms with Gasteiger partial charge < -0.3 is 9.84 Å². The van der Waals surface area contributed by atoms with E-state index >= 15 is 0 Å². The van der Waals surface area contributed by atoms with Gasteiger partial charge in [-0.15, -0.1) is 0 Å². The zero-order chi connectivity index (χ0) is 12.2. The largest absolute Gasteiger partial charge is 0.493 e. The monoisotopic (exact) mass is 298 g/mol. The van der Waals surface area contributed by atoms with Crippen LogP contribution in [0.15, 0.2) is 22.7 Å². The molecule has 1 aromatic carbocycles. The molecule has 0 heterocycles. The van der Waals surface area contributed by atoms with Crippen molar-refractivity contribution in [1.82, 2.24) is 0 Å². The van der Waals surface area contributed by atoms with Crippen LogP contribution in [0.2, 0.25) is 0 Å². The van der Waals surface area contributed by atoms with Crippen LogP contribution in [-0.2, 0) is 6.18 Å². The van der Waals surface area contributed by atoms with Gasteiger partial charge in [0.1, 0.15) is 5.75 Å². The molecule has 0 spiro atoms. The van der Waals surface area contributed by atoms with Crippen LogP contribution < -0.4 is 4.74 Å². The Hall–Kier alpha value is -0.750. The highest BCUT2D eigenvalue weighted by Gasteiger charge is 2.34. The standard InChI is InChI=1S/C10H10BrF3O2/c11-7-2-3-9(16-5-1-4-15)8(6-7)10(12,13)14/h2-3,6,15H,1,4-5H2. The first-order valence-corrected chi connectivity index (χ1v) is 5.35. The predicted molar refractivity (Wildman–Crippen MR) is 56.3 cm³/mol. The maximum atomic E-state index is 12.6. The Labute approximate surface area is 99.2 Å². The lowest BCUT2D eigenvalue weighted by Crippen LogP contribution is -2.10. The zero-order valence-corrected chi connectivity index (χ0v) is 9.81. The number of rotatable bonds is 4. The molecule has 0 aromatic heterocycles. The summed E-state index contributed by atoms with van der Waals surface area (Å²) in [7, 11) is 0. The van der Waals surface area contributed by atoms with Gasteiger partial charge >= 0.3 is 6.18 Å². The Morgan fingerprint density at radius 2 is 2.00 bits per heavy atom. The molecular formula is C10H10BrF3O2. The second kappa shape index (κ2) is 5.54. The number of alkyl halides is 3. The lowest BCUT2D eigenvalue weighted by Gasteiger charge is -2.13. The summed E-state index contributed by atoms with van der Waals surface area (Å²) < 4.78 is 43.1. The Balaban J connectivity index is 2.90. The van der Waals surface area contributed by atoms with E-state index in [2.05, 4.69) is 15.9 Å². The molecule has 0 bridgehead atoms. The van der Waals surface area contributed by atoms with Gasteiger partial charge in [0, 0.05) is 17.5 Å². The predicted octanol–water partition coefficient (Wildman–Crippen LogP) is 3.23. The summed E-state index contributed by atoms with van der Waals surface area (Å²) in [5, 5.41) is 8.51. The number of hydrogen-bond acceptors (Lipinski definition) is 2. The molecule has 16 heavy (non-hydrogen) atoms. The van der Waals surface area contributed by atoms with E-state index in [4.69, 9.17) is 9.84 Å². The normalized spacial score (nSPS) is 11.6. The summed E-state index contributed by atoms with van der Waals surface area (Å²) in [5.74, 6) is -0.218. The fraction of sp³-hybridized carbons (Fsp3) is 0.400. The second-order valence-corrected chi connectivity index (χ2v) is 3.98. The molecule has 90 valence electrons. The van der Waals surface area contributed by atoms with Crippen molar-refractivity contribution in [3.63, 3.8) is 0 Å². The molecule has 0 unspecified atom stereocenters. The molecule has 0 radical (unpaired) electrons. The third-order valence-electron chi connectivity index (χ3n) is 1.81. The average Bonchev–Trinajstić information content (AvgIpc) is 2.19. The van der Waals surface area contributed by atoms with Crippen molar-refractivity contribution >= 4 is 15.9 Å². The Morgan fingerprint density at radius 3 is 2.56 bits per heavy atom. The van der Waals surface area contributed by atoms with Crippen LogP contribution in [0.1, 0.15) is 12.0 Å². The van der Waals surface area contributed by atoms with Gasteiger partial charge in [-0.3, -0.25) is 0 Å². The van der Waals surface area contributed by atoms with E-state index in [1.165, 1.54) is 12.1 Å². The molecule has 2 nitrogen and oxygen atoms in total. The number of hydrogen-bond donors (Lipinski definition) is 1. The second-order valence-electron chi connectivity index (χ2n) is 3.06. The number of halogens is 4. The molecule has 0 aliphatic carbocycles. The summed E-state index contributed by atoms with van der Waals surface area (Å²) in [4.78, 5) is 0. The summed E-state index contributed by atoms with van der Waals surface area (Å²) in [6.45, 7) is -0.0565. The van der Waals surface area contributed by atoms with Crippen molar-refractivity contribution < 1.29 is 23.0 Å². The van der Waals surface area contributed by atoms with Gasteiger partial charge in [-0.05, 0) is 18.2 Å². The third kappa shape index (κ3) is 3.68. The fourth-order valence-electron chi connectivity index (χ4n) is 1.10. The van der Waals surface area contributed by atoms with Crippen LogP contribution in [-0.4, -0.2) is 18.3 Å². The molecule has 1 N–H and O–H groups in total. The smallest absolute Gasteiger partial charge is 0.420 e. The van der Waals surface area contributed by atoms with E-state index in [0.29, 0.717) is 10.9 Å². The van der Waals surface area contributed by atoms with Gasteiger partial charge in [-0.25, -0.2) is 0 Å². The number of ether oxygens (including phenoxy) is 1. The van der Waals surface area contributed by atoms with Crippen molar-refractivity contribution in [2.24, 2.45) is 0 Å². The summed E-state index contributed by atoms with van der Waals surface area (Å²) in [5.41, 5.74) is -0.820. The lowest BCUT2D eigenvalue weighted by molar-refractivity contribution is -0.139. The SMILES string of the molecule is OCCCOc1ccc(Br)cc1C(F)(F)F. The molecule has 0 fully saturated rings. The summed E-state index contributed by atoms with van der Waals surface area (Å²) in [6, 6.07) is 3.70. The topological polar surface area (TPSA) is 29.5 Å². The van der Waals surface area contributed by atoms with Gasteiger partial charge in [0.15, 0.2) is 0 Å². The van der Waals surface area contributed by atoms with Gasteiger partial charge in [-0.1, -0.05) is 15.9 Å². The molecule has 0 saturated heterocycles. The first-order valence-electron chi connectivity index (χ1n) is 4.55. The first-order chi connectivity index (χ1) is 7.45. The van der Waals surface area contributed by atoms with Crippen LogP contribution in [0.5, 0.6) is 5.75 Å². The minimum atomic E-state index is -4.45. The lowest BCUT2D eigenvalue weighted by atomic mass is 10.2. The van der Waals surface area contributed by atoms with Crippen molar-refractivity contribution in [2.45, 2.75) is 12.6 Å². The molecule has 0 saturated carbocycles. The highest BCUT2D eigenvalue weighted by Crippen LogP contribution is 2.37. The zero-order valence-electron chi connectivity index (χ0n) is 8.22. The third-order valence-corrected chi connectivity index (χ3v) is 2.30. The van der Waals surface area contributed by atoms with Crippen LogP contribution in [0.25, 0.3) is 0 Å². The quantitative estimate of drug-likeness (QED) is 0.865. The van der Waals surface area contributed by atoms with E-state index in [9.17, 15) is 13.2 Å².